The molecule has 4 rings (SSSR count). The number of hydrogen-bond acceptors (Lipinski definition) is 5. The number of nitrogens with zero attached hydrogens (tertiary/aromatic N) is 4. The molecular formula is C21H32N4O3. The van der Waals surface area contributed by atoms with Gasteiger partial charge in [0.15, 0.2) is 12.1 Å². The number of aromatic nitrogens is 1. The SMILES string of the molecule is CCc1ocnc1C(=O)N1CCC(N2CCC[C@@H](C(=O)N3CCCC3)C2)CC1. The highest BCUT2D eigenvalue weighted by Gasteiger charge is 2.35. The van der Waals surface area contributed by atoms with Gasteiger partial charge < -0.3 is 14.2 Å². The fourth-order valence-electron chi connectivity index (χ4n) is 5.01. The van der Waals surface area contributed by atoms with Crippen molar-refractivity contribution >= 4 is 11.8 Å². The zero-order valence-corrected chi connectivity index (χ0v) is 16.9. The Bertz CT molecular complexity index is 690. The molecule has 7 heteroatoms. The molecule has 0 unspecified atom stereocenters. The highest BCUT2D eigenvalue weighted by atomic mass is 16.3. The second-order valence-corrected chi connectivity index (χ2v) is 8.37. The second kappa shape index (κ2) is 8.64. The third-order valence-corrected chi connectivity index (χ3v) is 6.65. The van der Waals surface area contributed by atoms with Crippen LogP contribution in [0.2, 0.25) is 0 Å². The largest absolute Gasteiger partial charge is 0.448 e. The predicted octanol–water partition coefficient (Wildman–Crippen LogP) is 2.18. The van der Waals surface area contributed by atoms with Crippen molar-refractivity contribution in [3.05, 3.63) is 17.8 Å². The highest BCUT2D eigenvalue weighted by Crippen LogP contribution is 2.26. The van der Waals surface area contributed by atoms with Gasteiger partial charge in [0.2, 0.25) is 5.91 Å². The van der Waals surface area contributed by atoms with Gasteiger partial charge in [-0.2, -0.15) is 0 Å². The van der Waals surface area contributed by atoms with Crippen LogP contribution < -0.4 is 0 Å². The maximum Gasteiger partial charge on any atom is 0.276 e. The van der Waals surface area contributed by atoms with Crippen LogP contribution in [0, 0.1) is 5.92 Å². The number of carbonyl (C=O) groups is 2. The number of carbonyl (C=O) groups excluding carboxylic acids is 2. The summed E-state index contributed by atoms with van der Waals surface area (Å²) in [5.41, 5.74) is 0.468. The average Bonchev–Trinajstić information content (AvgIpc) is 3.45. The summed E-state index contributed by atoms with van der Waals surface area (Å²) in [5, 5.41) is 0. The fraction of sp³-hybridized carbons (Fsp3) is 0.762. The van der Waals surface area contributed by atoms with Gasteiger partial charge in [0, 0.05) is 45.2 Å². The molecule has 28 heavy (non-hydrogen) atoms. The Kier molecular flexibility index (Phi) is 5.99. The minimum absolute atomic E-state index is 0.00946. The van der Waals surface area contributed by atoms with E-state index in [1.165, 1.54) is 6.39 Å². The van der Waals surface area contributed by atoms with Gasteiger partial charge in [-0.15, -0.1) is 0 Å². The van der Waals surface area contributed by atoms with Crippen molar-refractivity contribution < 1.29 is 14.0 Å². The molecule has 3 aliphatic rings. The Balaban J connectivity index is 1.31. The molecule has 3 fully saturated rings. The maximum absolute atomic E-state index is 12.8. The van der Waals surface area contributed by atoms with E-state index in [1.807, 2.05) is 11.8 Å². The van der Waals surface area contributed by atoms with Crippen LogP contribution in [0.5, 0.6) is 0 Å². The molecule has 0 aromatic carbocycles. The number of rotatable bonds is 4. The molecule has 4 heterocycles. The monoisotopic (exact) mass is 388 g/mol. The van der Waals surface area contributed by atoms with Gasteiger partial charge in [0.1, 0.15) is 5.76 Å². The minimum Gasteiger partial charge on any atom is -0.448 e. The van der Waals surface area contributed by atoms with Crippen LogP contribution in [0.1, 0.15) is 61.7 Å². The molecule has 0 N–H and O–H groups in total. The fourth-order valence-corrected chi connectivity index (χ4v) is 5.01. The lowest BCUT2D eigenvalue weighted by Gasteiger charge is -2.42. The molecule has 0 aliphatic carbocycles. The van der Waals surface area contributed by atoms with E-state index in [1.54, 1.807) is 0 Å². The summed E-state index contributed by atoms with van der Waals surface area (Å²) in [4.78, 5) is 36.2. The minimum atomic E-state index is -0.00946. The Hall–Kier alpha value is -1.89. The quantitative estimate of drug-likeness (QED) is 0.791. The molecule has 0 radical (unpaired) electrons. The van der Waals surface area contributed by atoms with Crippen LogP contribution >= 0.6 is 0 Å². The van der Waals surface area contributed by atoms with Crippen molar-refractivity contribution in [2.24, 2.45) is 5.92 Å². The molecule has 154 valence electrons. The van der Waals surface area contributed by atoms with Crippen molar-refractivity contribution in [1.29, 1.82) is 0 Å². The van der Waals surface area contributed by atoms with E-state index >= 15 is 0 Å². The van der Waals surface area contributed by atoms with E-state index in [2.05, 4.69) is 14.8 Å². The summed E-state index contributed by atoms with van der Waals surface area (Å²) in [6.45, 7) is 7.32. The van der Waals surface area contributed by atoms with Gasteiger partial charge in [-0.3, -0.25) is 14.5 Å². The standard InChI is InChI=1S/C21H32N4O3/c1-2-18-19(22-15-28-18)21(27)24-12-7-17(8-13-24)25-11-5-6-16(14-25)20(26)23-9-3-4-10-23/h15-17H,2-14H2,1H3/t16-/m1/s1. The lowest BCUT2D eigenvalue weighted by atomic mass is 9.93. The first-order chi connectivity index (χ1) is 13.7. The van der Waals surface area contributed by atoms with E-state index in [4.69, 9.17) is 4.42 Å². The van der Waals surface area contributed by atoms with Crippen molar-refractivity contribution in [3.63, 3.8) is 0 Å². The van der Waals surface area contributed by atoms with Crippen molar-refractivity contribution in [2.45, 2.75) is 57.9 Å². The Labute approximate surface area is 167 Å². The van der Waals surface area contributed by atoms with Crippen molar-refractivity contribution in [3.8, 4) is 0 Å². The zero-order chi connectivity index (χ0) is 19.5. The normalized spacial score (nSPS) is 24.7. The third kappa shape index (κ3) is 3.95. The topological polar surface area (TPSA) is 69.9 Å². The first-order valence-corrected chi connectivity index (χ1v) is 10.9. The van der Waals surface area contributed by atoms with E-state index in [9.17, 15) is 9.59 Å². The van der Waals surface area contributed by atoms with Crippen molar-refractivity contribution in [2.75, 3.05) is 39.3 Å². The van der Waals surface area contributed by atoms with E-state index < -0.39 is 0 Å². The molecule has 1 aromatic heterocycles. The molecular weight excluding hydrogens is 356 g/mol. The molecule has 0 bridgehead atoms. The number of aryl methyl sites for hydroxylation is 1. The smallest absolute Gasteiger partial charge is 0.276 e. The summed E-state index contributed by atoms with van der Waals surface area (Å²) in [6, 6.07) is 0.473. The average molecular weight is 389 g/mol. The van der Waals surface area contributed by atoms with Crippen LogP contribution in [0.25, 0.3) is 0 Å². The van der Waals surface area contributed by atoms with Gasteiger partial charge in [-0.25, -0.2) is 4.98 Å². The number of hydrogen-bond donors (Lipinski definition) is 0. The number of piperidine rings is 2. The Morgan fingerprint density at radius 2 is 1.79 bits per heavy atom. The third-order valence-electron chi connectivity index (χ3n) is 6.65. The highest BCUT2D eigenvalue weighted by molar-refractivity contribution is 5.93. The summed E-state index contributed by atoms with van der Waals surface area (Å²) in [6.07, 6.45) is 8.41. The van der Waals surface area contributed by atoms with Gasteiger partial charge in [0.05, 0.1) is 5.92 Å². The first kappa shape index (κ1) is 19.4. The summed E-state index contributed by atoms with van der Waals surface area (Å²) in [7, 11) is 0. The van der Waals surface area contributed by atoms with Crippen LogP contribution in [0.15, 0.2) is 10.8 Å². The van der Waals surface area contributed by atoms with Crippen LogP contribution in [0.3, 0.4) is 0 Å². The summed E-state index contributed by atoms with van der Waals surface area (Å²) in [5.74, 6) is 1.19. The molecule has 1 aromatic rings. The van der Waals surface area contributed by atoms with Crippen LogP contribution in [0.4, 0.5) is 0 Å². The molecule has 0 spiro atoms. The predicted molar refractivity (Wildman–Crippen MR) is 105 cm³/mol. The van der Waals surface area contributed by atoms with Gasteiger partial charge in [-0.05, 0) is 45.1 Å². The molecule has 3 aliphatic heterocycles. The number of oxazole rings is 1. The molecule has 7 nitrogen and oxygen atoms in total. The Morgan fingerprint density at radius 3 is 2.50 bits per heavy atom. The van der Waals surface area contributed by atoms with E-state index in [-0.39, 0.29) is 11.8 Å². The van der Waals surface area contributed by atoms with Crippen LogP contribution in [-0.4, -0.2) is 76.8 Å². The lowest BCUT2D eigenvalue weighted by Crippen LogP contribution is -2.51. The van der Waals surface area contributed by atoms with Crippen LogP contribution in [-0.2, 0) is 11.2 Å². The van der Waals surface area contributed by atoms with E-state index in [0.29, 0.717) is 29.8 Å². The van der Waals surface area contributed by atoms with Crippen molar-refractivity contribution in [1.82, 2.24) is 19.7 Å². The summed E-state index contributed by atoms with van der Waals surface area (Å²) < 4.78 is 5.32. The molecule has 3 saturated heterocycles. The lowest BCUT2D eigenvalue weighted by molar-refractivity contribution is -0.136. The zero-order valence-electron chi connectivity index (χ0n) is 16.9. The summed E-state index contributed by atoms with van der Waals surface area (Å²) >= 11 is 0. The van der Waals surface area contributed by atoms with E-state index in [0.717, 1.165) is 77.8 Å². The molecule has 0 saturated carbocycles. The maximum atomic E-state index is 12.8. The first-order valence-electron chi connectivity index (χ1n) is 10.9. The Morgan fingerprint density at radius 1 is 1.04 bits per heavy atom. The number of amides is 2. The number of likely N-dealkylation sites (tertiary alicyclic amines) is 3. The van der Waals surface area contributed by atoms with Gasteiger partial charge >= 0.3 is 0 Å². The van der Waals surface area contributed by atoms with Gasteiger partial charge in [-0.1, -0.05) is 6.92 Å². The molecule has 1 atom stereocenters. The van der Waals surface area contributed by atoms with Gasteiger partial charge in [0.25, 0.3) is 5.91 Å². The second-order valence-electron chi connectivity index (χ2n) is 8.37. The molecule has 2 amide bonds.